The van der Waals surface area contributed by atoms with Gasteiger partial charge in [-0.25, -0.2) is 4.39 Å². The Hall–Kier alpha value is -0.640. The smallest absolute Gasteiger partial charge is 0.303 e. The van der Waals surface area contributed by atoms with Crippen LogP contribution >= 0.6 is 0 Å². The van der Waals surface area contributed by atoms with E-state index in [1.54, 1.807) is 0 Å². The van der Waals surface area contributed by atoms with E-state index in [9.17, 15) is 9.18 Å². The molecule has 0 unspecified atom stereocenters. The molecule has 12 heavy (non-hydrogen) atoms. The van der Waals surface area contributed by atoms with Gasteiger partial charge in [-0.05, 0) is 19.4 Å². The molecule has 1 N–H and O–H groups in total. The average Bonchev–Trinajstić information content (AvgIpc) is 2.35. The molecular formula is C8H14FNO2. The highest BCUT2D eigenvalue weighted by Gasteiger charge is 2.20. The highest BCUT2D eigenvalue weighted by molar-refractivity contribution is 5.66. The molecule has 1 rings (SSSR count). The van der Waals surface area contributed by atoms with Gasteiger partial charge in [0.25, 0.3) is 0 Å². The molecule has 0 bridgehead atoms. The molecule has 0 aromatic carbocycles. The number of carboxylic acids is 1. The van der Waals surface area contributed by atoms with E-state index in [0.29, 0.717) is 25.9 Å². The molecule has 1 aliphatic heterocycles. The Kier molecular flexibility index (Phi) is 3.47. The molecule has 1 heterocycles. The maximum absolute atomic E-state index is 12.6. The normalized spacial score (nSPS) is 24.6. The van der Waals surface area contributed by atoms with Gasteiger partial charge in [0.1, 0.15) is 6.17 Å². The fourth-order valence-electron chi connectivity index (χ4n) is 1.44. The Balaban J connectivity index is 2.04. The third-order valence-electron chi connectivity index (χ3n) is 2.08. The first-order valence-electron chi connectivity index (χ1n) is 4.26. The lowest BCUT2D eigenvalue weighted by Gasteiger charge is -2.12. The SMILES string of the molecule is O=C(O)CCCN1CC[C@@H](F)C1. The first-order chi connectivity index (χ1) is 5.68. The summed E-state index contributed by atoms with van der Waals surface area (Å²) >= 11 is 0. The summed E-state index contributed by atoms with van der Waals surface area (Å²) in [7, 11) is 0. The van der Waals surface area contributed by atoms with Gasteiger partial charge in [-0.3, -0.25) is 4.79 Å². The van der Waals surface area contributed by atoms with Crippen molar-refractivity contribution in [2.75, 3.05) is 19.6 Å². The van der Waals surface area contributed by atoms with E-state index in [-0.39, 0.29) is 6.42 Å². The minimum Gasteiger partial charge on any atom is -0.481 e. The molecule has 0 aromatic heterocycles. The zero-order chi connectivity index (χ0) is 8.97. The monoisotopic (exact) mass is 175 g/mol. The van der Waals surface area contributed by atoms with Crippen LogP contribution in [0.4, 0.5) is 4.39 Å². The van der Waals surface area contributed by atoms with Crippen molar-refractivity contribution in [3.8, 4) is 0 Å². The Labute approximate surface area is 71.2 Å². The molecule has 3 nitrogen and oxygen atoms in total. The molecule has 0 radical (unpaired) electrons. The van der Waals surface area contributed by atoms with E-state index in [1.807, 2.05) is 4.90 Å². The van der Waals surface area contributed by atoms with E-state index < -0.39 is 12.1 Å². The lowest BCUT2D eigenvalue weighted by atomic mass is 10.3. The summed E-state index contributed by atoms with van der Waals surface area (Å²) in [6.45, 7) is 1.98. The van der Waals surface area contributed by atoms with Crippen LogP contribution in [0.25, 0.3) is 0 Å². The van der Waals surface area contributed by atoms with Gasteiger partial charge < -0.3 is 10.0 Å². The standard InChI is InChI=1S/C8H14FNO2/c9-7-3-5-10(6-7)4-1-2-8(11)12/h7H,1-6H2,(H,11,12)/t7-/m1/s1. The van der Waals surface area contributed by atoms with Gasteiger partial charge in [-0.2, -0.15) is 0 Å². The van der Waals surface area contributed by atoms with Gasteiger partial charge in [0.15, 0.2) is 0 Å². The molecular weight excluding hydrogens is 161 g/mol. The van der Waals surface area contributed by atoms with Crippen LogP contribution in [0.2, 0.25) is 0 Å². The predicted molar refractivity (Wildman–Crippen MR) is 42.8 cm³/mol. The van der Waals surface area contributed by atoms with Crippen LogP contribution < -0.4 is 0 Å². The third kappa shape index (κ3) is 3.17. The van der Waals surface area contributed by atoms with Crippen LogP contribution in [0.5, 0.6) is 0 Å². The third-order valence-corrected chi connectivity index (χ3v) is 2.08. The van der Waals surface area contributed by atoms with Gasteiger partial charge in [-0.15, -0.1) is 0 Å². The van der Waals surface area contributed by atoms with E-state index in [4.69, 9.17) is 5.11 Å². The second kappa shape index (κ2) is 4.40. The highest BCUT2D eigenvalue weighted by atomic mass is 19.1. The van der Waals surface area contributed by atoms with Crippen molar-refractivity contribution in [1.82, 2.24) is 4.90 Å². The van der Waals surface area contributed by atoms with E-state index in [0.717, 1.165) is 6.54 Å². The van der Waals surface area contributed by atoms with E-state index in [2.05, 4.69) is 0 Å². The number of aliphatic carboxylic acids is 1. The number of carbonyl (C=O) groups is 1. The average molecular weight is 175 g/mol. The molecule has 0 amide bonds. The summed E-state index contributed by atoms with van der Waals surface area (Å²) in [4.78, 5) is 12.1. The van der Waals surface area contributed by atoms with E-state index in [1.165, 1.54) is 0 Å². The molecule has 1 atom stereocenters. The maximum Gasteiger partial charge on any atom is 0.303 e. The van der Waals surface area contributed by atoms with Gasteiger partial charge >= 0.3 is 5.97 Å². The fourth-order valence-corrected chi connectivity index (χ4v) is 1.44. The number of alkyl halides is 1. The number of carboxylic acid groups (broad SMARTS) is 1. The van der Waals surface area contributed by atoms with Crippen LogP contribution in [-0.4, -0.2) is 41.8 Å². The molecule has 4 heteroatoms. The molecule has 0 saturated carbocycles. The van der Waals surface area contributed by atoms with Gasteiger partial charge in [0, 0.05) is 19.5 Å². The minimum atomic E-state index is -0.772. The van der Waals surface area contributed by atoms with Crippen LogP contribution in [-0.2, 0) is 4.79 Å². The molecule has 1 fully saturated rings. The Bertz CT molecular complexity index is 163. The Morgan fingerprint density at radius 2 is 2.42 bits per heavy atom. The van der Waals surface area contributed by atoms with Crippen LogP contribution in [0, 0.1) is 0 Å². The lowest BCUT2D eigenvalue weighted by molar-refractivity contribution is -0.137. The zero-order valence-corrected chi connectivity index (χ0v) is 7.00. The number of nitrogens with zero attached hydrogens (tertiary/aromatic N) is 1. The number of hydrogen-bond donors (Lipinski definition) is 1. The summed E-state index contributed by atoms with van der Waals surface area (Å²) in [5.74, 6) is -0.772. The molecule has 1 aliphatic rings. The number of halogens is 1. The minimum absolute atomic E-state index is 0.188. The van der Waals surface area contributed by atoms with Gasteiger partial charge in [0.05, 0.1) is 0 Å². The van der Waals surface area contributed by atoms with Crippen molar-refractivity contribution in [3.05, 3.63) is 0 Å². The predicted octanol–water partition coefficient (Wildman–Crippen LogP) is 0.895. The summed E-state index contributed by atoms with van der Waals surface area (Å²) in [6, 6.07) is 0. The fraction of sp³-hybridized carbons (Fsp3) is 0.875. The quantitative estimate of drug-likeness (QED) is 0.690. The van der Waals surface area contributed by atoms with Crippen molar-refractivity contribution in [3.63, 3.8) is 0 Å². The van der Waals surface area contributed by atoms with Crippen molar-refractivity contribution in [1.29, 1.82) is 0 Å². The van der Waals surface area contributed by atoms with Crippen molar-refractivity contribution >= 4 is 5.97 Å². The molecule has 0 spiro atoms. The van der Waals surface area contributed by atoms with Crippen molar-refractivity contribution < 1.29 is 14.3 Å². The Morgan fingerprint density at radius 1 is 1.67 bits per heavy atom. The molecule has 1 saturated heterocycles. The van der Waals surface area contributed by atoms with Crippen molar-refractivity contribution in [2.45, 2.75) is 25.4 Å². The van der Waals surface area contributed by atoms with Gasteiger partial charge in [-0.1, -0.05) is 0 Å². The number of hydrogen-bond acceptors (Lipinski definition) is 2. The van der Waals surface area contributed by atoms with Crippen LogP contribution in [0.15, 0.2) is 0 Å². The highest BCUT2D eigenvalue weighted by Crippen LogP contribution is 2.12. The second-order valence-corrected chi connectivity index (χ2v) is 3.18. The first-order valence-corrected chi connectivity index (χ1v) is 4.26. The summed E-state index contributed by atoms with van der Waals surface area (Å²) in [5, 5.41) is 8.35. The zero-order valence-electron chi connectivity index (χ0n) is 7.00. The summed E-state index contributed by atoms with van der Waals surface area (Å²) < 4.78 is 12.6. The first kappa shape index (κ1) is 9.45. The lowest BCUT2D eigenvalue weighted by Crippen LogP contribution is -2.22. The number of rotatable bonds is 4. The van der Waals surface area contributed by atoms with Crippen LogP contribution in [0.3, 0.4) is 0 Å². The maximum atomic E-state index is 12.6. The molecule has 70 valence electrons. The topological polar surface area (TPSA) is 40.5 Å². The van der Waals surface area contributed by atoms with Gasteiger partial charge in [0.2, 0.25) is 0 Å². The molecule has 0 aliphatic carbocycles. The molecule has 0 aromatic rings. The number of likely N-dealkylation sites (tertiary alicyclic amines) is 1. The summed E-state index contributed by atoms with van der Waals surface area (Å²) in [5.41, 5.74) is 0. The van der Waals surface area contributed by atoms with Crippen molar-refractivity contribution in [2.24, 2.45) is 0 Å². The largest absolute Gasteiger partial charge is 0.481 e. The van der Waals surface area contributed by atoms with Crippen LogP contribution in [0.1, 0.15) is 19.3 Å². The Morgan fingerprint density at radius 3 is 2.92 bits per heavy atom. The van der Waals surface area contributed by atoms with E-state index >= 15 is 0 Å². The second-order valence-electron chi connectivity index (χ2n) is 3.18. The summed E-state index contributed by atoms with van der Waals surface area (Å²) in [6.07, 6.45) is 0.720.